The Morgan fingerprint density at radius 2 is 0.812 bits per heavy atom. The van der Waals surface area contributed by atoms with Gasteiger partial charge >= 0.3 is 0 Å². The van der Waals surface area contributed by atoms with Gasteiger partial charge in [0.2, 0.25) is 5.91 Å². The number of amides is 1. The maximum Gasteiger partial charge on any atom is 0.268 e. The predicted octanol–water partition coefficient (Wildman–Crippen LogP) is 17.5. The molecular formula is C60H117N2O6P. The van der Waals surface area contributed by atoms with Crippen LogP contribution in [0.4, 0.5) is 0 Å². The molecule has 2 N–H and O–H groups in total. The number of hydrogen-bond acceptors (Lipinski definition) is 6. The molecule has 3 unspecified atom stereocenters. The molecular weight excluding hydrogens is 876 g/mol. The van der Waals surface area contributed by atoms with Crippen molar-refractivity contribution in [2.45, 2.75) is 302 Å². The molecule has 3 atom stereocenters. The van der Waals surface area contributed by atoms with E-state index in [1.165, 1.54) is 231 Å². The van der Waals surface area contributed by atoms with Crippen molar-refractivity contribution in [2.24, 2.45) is 0 Å². The van der Waals surface area contributed by atoms with Crippen LogP contribution in [0.2, 0.25) is 0 Å². The summed E-state index contributed by atoms with van der Waals surface area (Å²) >= 11 is 0. The summed E-state index contributed by atoms with van der Waals surface area (Å²) in [4.78, 5) is 25.5. The Bertz CT molecular complexity index is 1220. The molecule has 0 aliphatic rings. The van der Waals surface area contributed by atoms with Crippen molar-refractivity contribution in [3.63, 3.8) is 0 Å². The summed E-state index contributed by atoms with van der Waals surface area (Å²) in [5.74, 6) is -0.206. The van der Waals surface area contributed by atoms with E-state index in [1.54, 1.807) is 6.08 Å². The molecule has 9 heteroatoms. The van der Waals surface area contributed by atoms with Crippen molar-refractivity contribution < 1.29 is 32.9 Å². The van der Waals surface area contributed by atoms with Gasteiger partial charge in [-0.15, -0.1) is 0 Å². The van der Waals surface area contributed by atoms with Gasteiger partial charge in [0.25, 0.3) is 7.82 Å². The van der Waals surface area contributed by atoms with Gasteiger partial charge in [0.1, 0.15) is 13.2 Å². The molecule has 0 radical (unpaired) electrons. The smallest absolute Gasteiger partial charge is 0.268 e. The molecule has 0 heterocycles. The minimum Gasteiger partial charge on any atom is -0.756 e. The van der Waals surface area contributed by atoms with E-state index < -0.39 is 26.6 Å². The van der Waals surface area contributed by atoms with E-state index in [0.717, 1.165) is 38.5 Å². The number of nitrogens with one attached hydrogen (secondary N) is 1. The van der Waals surface area contributed by atoms with Gasteiger partial charge in [-0.1, -0.05) is 262 Å². The number of aliphatic hydroxyl groups is 1. The Kier molecular flexibility index (Phi) is 50.7. The molecule has 69 heavy (non-hydrogen) atoms. The average Bonchev–Trinajstić information content (AvgIpc) is 3.31. The number of phosphoric acid groups is 1. The molecule has 8 nitrogen and oxygen atoms in total. The van der Waals surface area contributed by atoms with Gasteiger partial charge in [-0.05, 0) is 57.8 Å². The fourth-order valence-electron chi connectivity index (χ4n) is 8.87. The summed E-state index contributed by atoms with van der Waals surface area (Å²) in [5, 5.41) is 13.9. The number of nitrogens with zero attached hydrogens (tertiary/aromatic N) is 1. The molecule has 0 bridgehead atoms. The number of aliphatic hydroxyl groups excluding tert-OH is 1. The van der Waals surface area contributed by atoms with Gasteiger partial charge in [-0.3, -0.25) is 9.36 Å². The van der Waals surface area contributed by atoms with Crippen molar-refractivity contribution in [1.82, 2.24) is 5.32 Å². The third-order valence-electron chi connectivity index (χ3n) is 13.6. The monoisotopic (exact) mass is 993 g/mol. The number of unbranched alkanes of at least 4 members (excludes halogenated alkanes) is 38. The second-order valence-corrected chi connectivity index (χ2v) is 23.1. The Balaban J connectivity index is 4.22. The normalized spacial score (nSPS) is 14.1. The van der Waals surface area contributed by atoms with Gasteiger partial charge < -0.3 is 28.8 Å². The van der Waals surface area contributed by atoms with Gasteiger partial charge in [-0.25, -0.2) is 0 Å². The third kappa shape index (κ3) is 54.3. The fraction of sp³-hybridized carbons (Fsp3) is 0.883. The van der Waals surface area contributed by atoms with Crippen molar-refractivity contribution >= 4 is 13.7 Å². The van der Waals surface area contributed by atoms with E-state index >= 15 is 0 Å². The number of phosphoric ester groups is 1. The summed E-state index contributed by atoms with van der Waals surface area (Å²) in [6.07, 6.45) is 66.6. The van der Waals surface area contributed by atoms with Gasteiger partial charge in [-0.2, -0.15) is 0 Å². The zero-order valence-electron chi connectivity index (χ0n) is 46.5. The maximum atomic E-state index is 13.0. The third-order valence-corrected chi connectivity index (χ3v) is 14.5. The average molecular weight is 994 g/mol. The number of hydrogen-bond donors (Lipinski definition) is 2. The first-order chi connectivity index (χ1) is 33.5. The van der Waals surface area contributed by atoms with E-state index in [0.29, 0.717) is 17.4 Å². The molecule has 0 aliphatic heterocycles. The van der Waals surface area contributed by atoms with Crippen molar-refractivity contribution in [3.8, 4) is 0 Å². The standard InChI is InChI=1S/C60H117N2O6P/c1-6-8-10-12-14-16-18-20-22-24-26-28-29-30-31-32-34-35-37-39-41-43-45-47-49-51-53-59(63)58(57-68-69(65,66)67-56-55-62(3,4)5)61-60(64)54-52-50-48-46-44-42-40-38-36-33-27-25-23-21-19-17-15-13-11-9-7-2/h25,27,43,45,51,53,58-59,63H,6-24,26,28-42,44,46-50,52,54-57H2,1-5H3,(H-,61,64,65,66)/b27-25-,45-43+,53-51+. The molecule has 0 saturated carbocycles. The number of rotatable bonds is 55. The Hall–Kier alpha value is -1.28. The molecule has 1 amide bonds. The summed E-state index contributed by atoms with van der Waals surface area (Å²) in [6.45, 7) is 4.66. The molecule has 0 rings (SSSR count). The van der Waals surface area contributed by atoms with Gasteiger partial charge in [0, 0.05) is 6.42 Å². The minimum atomic E-state index is -4.61. The van der Waals surface area contributed by atoms with Crippen LogP contribution in [0.25, 0.3) is 0 Å². The van der Waals surface area contributed by atoms with Crippen LogP contribution in [0.1, 0.15) is 290 Å². The molecule has 408 valence electrons. The summed E-state index contributed by atoms with van der Waals surface area (Å²) in [7, 11) is 1.25. The van der Waals surface area contributed by atoms with Crippen molar-refractivity contribution in [2.75, 3.05) is 40.9 Å². The van der Waals surface area contributed by atoms with Crippen molar-refractivity contribution in [1.29, 1.82) is 0 Å². The molecule has 0 fully saturated rings. The quantitative estimate of drug-likeness (QED) is 0.0272. The maximum absolute atomic E-state index is 13.0. The van der Waals surface area contributed by atoms with Crippen LogP contribution in [-0.2, 0) is 18.4 Å². The number of allylic oxidation sites excluding steroid dienone is 5. The number of carbonyl (C=O) groups is 1. The van der Waals surface area contributed by atoms with E-state index in [9.17, 15) is 19.4 Å². The first-order valence-corrected chi connectivity index (χ1v) is 31.3. The summed E-state index contributed by atoms with van der Waals surface area (Å²) in [6, 6.07) is -0.904. The van der Waals surface area contributed by atoms with E-state index in [2.05, 4.69) is 43.5 Å². The molecule has 0 saturated heterocycles. The highest BCUT2D eigenvalue weighted by Crippen LogP contribution is 2.38. The minimum absolute atomic E-state index is 0.00601. The van der Waals surface area contributed by atoms with Crippen LogP contribution in [-0.4, -0.2) is 68.5 Å². The summed E-state index contributed by atoms with van der Waals surface area (Å²) in [5.41, 5.74) is 0. The van der Waals surface area contributed by atoms with Crippen LogP contribution in [0.5, 0.6) is 0 Å². The van der Waals surface area contributed by atoms with E-state index in [4.69, 9.17) is 9.05 Å². The second kappa shape index (κ2) is 51.6. The predicted molar refractivity (Wildman–Crippen MR) is 298 cm³/mol. The zero-order chi connectivity index (χ0) is 50.6. The van der Waals surface area contributed by atoms with Gasteiger partial charge in [0.15, 0.2) is 0 Å². The lowest BCUT2D eigenvalue weighted by Gasteiger charge is -2.29. The lowest BCUT2D eigenvalue weighted by Crippen LogP contribution is -2.45. The zero-order valence-corrected chi connectivity index (χ0v) is 47.4. The van der Waals surface area contributed by atoms with Crippen LogP contribution < -0.4 is 10.2 Å². The molecule has 0 aliphatic carbocycles. The SMILES string of the molecule is CCCCCCCCCC/C=C\CCCCCCCCCCCC(=O)NC(COP(=O)([O-])OCC[N+](C)(C)C)C(O)/C=C/CC/C=C/CCCCCCCCCCCCCCCCCCCCCC. The van der Waals surface area contributed by atoms with E-state index in [1.807, 2.05) is 27.2 Å². The Morgan fingerprint density at radius 1 is 0.493 bits per heavy atom. The Labute approximate surface area is 429 Å². The second-order valence-electron chi connectivity index (χ2n) is 21.7. The summed E-state index contributed by atoms with van der Waals surface area (Å²) < 4.78 is 23.4. The fourth-order valence-corrected chi connectivity index (χ4v) is 9.60. The first-order valence-electron chi connectivity index (χ1n) is 29.9. The van der Waals surface area contributed by atoms with Crippen LogP contribution in [0.15, 0.2) is 36.5 Å². The highest BCUT2D eigenvalue weighted by atomic mass is 31.2. The van der Waals surface area contributed by atoms with Gasteiger partial charge in [0.05, 0.1) is 39.9 Å². The first kappa shape index (κ1) is 67.7. The molecule has 0 aromatic carbocycles. The topological polar surface area (TPSA) is 108 Å². The highest BCUT2D eigenvalue weighted by Gasteiger charge is 2.23. The molecule has 0 aromatic heterocycles. The van der Waals surface area contributed by atoms with Crippen molar-refractivity contribution in [3.05, 3.63) is 36.5 Å². The number of likely N-dealkylation sites (N-methyl/N-ethyl adjacent to an activating group) is 1. The lowest BCUT2D eigenvalue weighted by molar-refractivity contribution is -0.870. The van der Waals surface area contributed by atoms with Crippen LogP contribution in [0.3, 0.4) is 0 Å². The largest absolute Gasteiger partial charge is 0.756 e. The van der Waals surface area contributed by atoms with Crippen LogP contribution >= 0.6 is 7.82 Å². The van der Waals surface area contributed by atoms with E-state index in [-0.39, 0.29) is 12.5 Å². The number of carbonyl (C=O) groups excluding carboxylic acids is 1. The Morgan fingerprint density at radius 3 is 1.17 bits per heavy atom. The highest BCUT2D eigenvalue weighted by molar-refractivity contribution is 7.45. The van der Waals surface area contributed by atoms with Crippen LogP contribution in [0, 0.1) is 0 Å². The molecule has 0 spiro atoms. The molecule has 0 aromatic rings. The lowest BCUT2D eigenvalue weighted by atomic mass is 10.0. The number of quaternary nitrogens is 1.